The number of nitrogens with one attached hydrogen (secondary N) is 1. The molecule has 1 N–H and O–H groups in total. The van der Waals surface area contributed by atoms with Gasteiger partial charge in [0, 0.05) is 23.1 Å². The van der Waals surface area contributed by atoms with E-state index in [1.807, 2.05) is 48.9 Å². The van der Waals surface area contributed by atoms with Crippen LogP contribution in [0.15, 0.2) is 47.2 Å². The highest BCUT2D eigenvalue weighted by atomic mass is 79.9. The predicted molar refractivity (Wildman–Crippen MR) is 102 cm³/mol. The number of halogens is 1. The summed E-state index contributed by atoms with van der Waals surface area (Å²) in [6.07, 6.45) is 3.69. The number of aromatic nitrogens is 4. The van der Waals surface area contributed by atoms with E-state index in [1.54, 1.807) is 17.1 Å². The van der Waals surface area contributed by atoms with Gasteiger partial charge < -0.3 is 10.1 Å². The van der Waals surface area contributed by atoms with E-state index in [-0.39, 0.29) is 12.6 Å². The Balaban J connectivity index is 1.47. The van der Waals surface area contributed by atoms with Crippen LogP contribution in [0.1, 0.15) is 17.8 Å². The molecule has 7 nitrogen and oxygen atoms in total. The molecule has 1 amide bonds. The lowest BCUT2D eigenvalue weighted by Gasteiger charge is -2.06. The quantitative estimate of drug-likeness (QED) is 0.637. The number of anilines is 1. The average molecular weight is 418 g/mol. The Labute approximate surface area is 160 Å². The number of rotatable bonds is 7. The van der Waals surface area contributed by atoms with Crippen LogP contribution in [0.3, 0.4) is 0 Å². The number of amides is 1. The molecule has 8 heteroatoms. The Bertz CT molecular complexity index is 885. The Morgan fingerprint density at radius 2 is 2.04 bits per heavy atom. The van der Waals surface area contributed by atoms with E-state index < -0.39 is 0 Å². The van der Waals surface area contributed by atoms with E-state index in [9.17, 15) is 4.79 Å². The number of aryl methyl sites for hydroxylation is 3. The topological polar surface area (TPSA) is 74.0 Å². The summed E-state index contributed by atoms with van der Waals surface area (Å²) in [7, 11) is 0. The molecule has 2 aromatic heterocycles. The fraction of sp³-hybridized carbons (Fsp3) is 0.278. The maximum Gasteiger partial charge on any atom is 0.226 e. The zero-order valence-electron chi connectivity index (χ0n) is 14.6. The van der Waals surface area contributed by atoms with Crippen molar-refractivity contribution in [2.24, 2.45) is 0 Å². The number of carbonyl (C=O) groups excluding carboxylic acids is 1. The van der Waals surface area contributed by atoms with Gasteiger partial charge in [-0.25, -0.2) is 4.68 Å². The molecular weight excluding hydrogens is 398 g/mol. The van der Waals surface area contributed by atoms with Crippen molar-refractivity contribution >= 4 is 27.5 Å². The molecule has 0 unspecified atom stereocenters. The third kappa shape index (κ3) is 4.95. The van der Waals surface area contributed by atoms with Crippen molar-refractivity contribution in [1.82, 2.24) is 19.6 Å². The summed E-state index contributed by atoms with van der Waals surface area (Å²) < 4.78 is 10.1. The second kappa shape index (κ2) is 8.18. The lowest BCUT2D eigenvalue weighted by molar-refractivity contribution is -0.116. The molecule has 26 heavy (non-hydrogen) atoms. The van der Waals surface area contributed by atoms with Gasteiger partial charge in [0.25, 0.3) is 0 Å². The minimum Gasteiger partial charge on any atom is -0.471 e. The highest BCUT2D eigenvalue weighted by Crippen LogP contribution is 2.16. The second-order valence-corrected chi connectivity index (χ2v) is 6.86. The molecule has 0 saturated heterocycles. The third-order valence-corrected chi connectivity index (χ3v) is 4.28. The van der Waals surface area contributed by atoms with Crippen LogP contribution >= 0.6 is 15.9 Å². The van der Waals surface area contributed by atoms with Crippen LogP contribution in [0, 0.1) is 13.8 Å². The molecule has 136 valence electrons. The third-order valence-electron chi connectivity index (χ3n) is 3.75. The molecule has 1 aromatic carbocycles. The Morgan fingerprint density at radius 3 is 2.73 bits per heavy atom. The SMILES string of the molecule is Cc1cc(C)n(CCC(=O)Nc2cnn(COc3ccc(Br)cc3)c2)n1. The van der Waals surface area contributed by atoms with Gasteiger partial charge in [-0.2, -0.15) is 10.2 Å². The van der Waals surface area contributed by atoms with Gasteiger partial charge >= 0.3 is 0 Å². The van der Waals surface area contributed by atoms with E-state index in [2.05, 4.69) is 31.4 Å². The zero-order chi connectivity index (χ0) is 18.5. The van der Waals surface area contributed by atoms with E-state index in [0.29, 0.717) is 18.7 Å². The summed E-state index contributed by atoms with van der Waals surface area (Å²) in [6.45, 7) is 4.73. The van der Waals surface area contributed by atoms with Crippen LogP contribution in [0.2, 0.25) is 0 Å². The van der Waals surface area contributed by atoms with Gasteiger partial charge in [0.05, 0.1) is 23.8 Å². The zero-order valence-corrected chi connectivity index (χ0v) is 16.2. The molecule has 3 aromatic rings. The summed E-state index contributed by atoms with van der Waals surface area (Å²) in [6, 6.07) is 9.55. The van der Waals surface area contributed by atoms with Gasteiger partial charge in [-0.1, -0.05) is 15.9 Å². The highest BCUT2D eigenvalue weighted by molar-refractivity contribution is 9.10. The summed E-state index contributed by atoms with van der Waals surface area (Å²) in [5.41, 5.74) is 2.64. The molecule has 0 aliphatic rings. The van der Waals surface area contributed by atoms with Crippen molar-refractivity contribution in [2.75, 3.05) is 5.32 Å². The maximum absolute atomic E-state index is 12.1. The van der Waals surface area contributed by atoms with Crippen molar-refractivity contribution in [3.05, 3.63) is 58.6 Å². The molecule has 3 rings (SSSR count). The van der Waals surface area contributed by atoms with Crippen molar-refractivity contribution in [3.8, 4) is 5.75 Å². The Hall–Kier alpha value is -2.61. The largest absolute Gasteiger partial charge is 0.471 e. The fourth-order valence-corrected chi connectivity index (χ4v) is 2.77. The number of hydrogen-bond acceptors (Lipinski definition) is 4. The number of carbonyl (C=O) groups is 1. The van der Waals surface area contributed by atoms with Crippen molar-refractivity contribution < 1.29 is 9.53 Å². The maximum atomic E-state index is 12.1. The highest BCUT2D eigenvalue weighted by Gasteiger charge is 2.07. The minimum atomic E-state index is -0.0778. The number of hydrogen-bond donors (Lipinski definition) is 1. The molecule has 0 bridgehead atoms. The molecule has 0 atom stereocenters. The van der Waals surface area contributed by atoms with E-state index >= 15 is 0 Å². The Morgan fingerprint density at radius 1 is 1.27 bits per heavy atom. The molecular formula is C18H20BrN5O2. The molecule has 2 heterocycles. The monoisotopic (exact) mass is 417 g/mol. The van der Waals surface area contributed by atoms with Gasteiger partial charge in [0.2, 0.25) is 5.91 Å². The molecule has 0 aliphatic carbocycles. The molecule has 0 fully saturated rings. The fourth-order valence-electron chi connectivity index (χ4n) is 2.50. The number of benzene rings is 1. The standard InChI is InChI=1S/C18H20BrN5O2/c1-13-9-14(2)24(22-13)8-7-18(25)21-16-10-20-23(11-16)12-26-17-5-3-15(19)4-6-17/h3-6,9-11H,7-8,12H2,1-2H3,(H,21,25). The molecule has 0 radical (unpaired) electrons. The first-order valence-corrected chi connectivity index (χ1v) is 9.00. The number of nitrogens with zero attached hydrogens (tertiary/aromatic N) is 4. The molecule has 0 aliphatic heterocycles. The summed E-state index contributed by atoms with van der Waals surface area (Å²) >= 11 is 3.38. The average Bonchev–Trinajstić information content (AvgIpc) is 3.18. The van der Waals surface area contributed by atoms with Gasteiger partial charge in [0.1, 0.15) is 5.75 Å². The van der Waals surface area contributed by atoms with Gasteiger partial charge in [0.15, 0.2) is 6.73 Å². The van der Waals surface area contributed by atoms with Gasteiger partial charge in [-0.15, -0.1) is 0 Å². The smallest absolute Gasteiger partial charge is 0.226 e. The summed E-state index contributed by atoms with van der Waals surface area (Å²) in [5.74, 6) is 0.671. The van der Waals surface area contributed by atoms with E-state index in [0.717, 1.165) is 21.6 Å². The van der Waals surface area contributed by atoms with E-state index in [1.165, 1.54) is 0 Å². The number of ether oxygens (including phenoxy) is 1. The normalized spacial score (nSPS) is 10.7. The van der Waals surface area contributed by atoms with Crippen molar-refractivity contribution in [1.29, 1.82) is 0 Å². The Kier molecular flexibility index (Phi) is 5.72. The van der Waals surface area contributed by atoms with Crippen LogP contribution in [0.25, 0.3) is 0 Å². The first-order valence-electron chi connectivity index (χ1n) is 8.21. The summed E-state index contributed by atoms with van der Waals surface area (Å²) in [4.78, 5) is 12.1. The van der Waals surface area contributed by atoms with Crippen LogP contribution in [0.5, 0.6) is 5.75 Å². The first kappa shape index (κ1) is 18.2. The van der Waals surface area contributed by atoms with Crippen molar-refractivity contribution in [3.63, 3.8) is 0 Å². The van der Waals surface area contributed by atoms with Crippen molar-refractivity contribution in [2.45, 2.75) is 33.5 Å². The van der Waals surface area contributed by atoms with Gasteiger partial charge in [-0.05, 0) is 44.2 Å². The summed E-state index contributed by atoms with van der Waals surface area (Å²) in [5, 5.41) is 11.4. The van der Waals surface area contributed by atoms with Crippen LogP contribution in [0.4, 0.5) is 5.69 Å². The van der Waals surface area contributed by atoms with E-state index in [4.69, 9.17) is 4.74 Å². The first-order chi connectivity index (χ1) is 12.5. The predicted octanol–water partition coefficient (Wildman–Crippen LogP) is 3.52. The lowest BCUT2D eigenvalue weighted by atomic mass is 10.3. The molecule has 0 spiro atoms. The van der Waals surface area contributed by atoms with Crippen LogP contribution < -0.4 is 10.1 Å². The second-order valence-electron chi connectivity index (χ2n) is 5.94. The van der Waals surface area contributed by atoms with Crippen LogP contribution in [-0.2, 0) is 18.1 Å². The minimum absolute atomic E-state index is 0.0778. The molecule has 0 saturated carbocycles. The van der Waals surface area contributed by atoms with Crippen LogP contribution in [-0.4, -0.2) is 25.5 Å². The van der Waals surface area contributed by atoms with Gasteiger partial charge in [-0.3, -0.25) is 9.48 Å². The lowest BCUT2D eigenvalue weighted by Crippen LogP contribution is -2.15.